The van der Waals surface area contributed by atoms with Crippen molar-refractivity contribution in [1.82, 2.24) is 4.31 Å². The maximum atomic E-state index is 13.3. The minimum Gasteiger partial charge on any atom is -0.492 e. The lowest BCUT2D eigenvalue weighted by Crippen LogP contribution is -2.40. The van der Waals surface area contributed by atoms with E-state index in [9.17, 15) is 26.4 Å². The topological polar surface area (TPSA) is 84.9 Å². The van der Waals surface area contributed by atoms with E-state index in [0.29, 0.717) is 0 Å². The van der Waals surface area contributed by atoms with Gasteiger partial charge in [0, 0.05) is 13.1 Å². The van der Waals surface area contributed by atoms with Gasteiger partial charge in [0.15, 0.2) is 0 Å². The van der Waals surface area contributed by atoms with Gasteiger partial charge in [-0.2, -0.15) is 17.5 Å². The number of nitrogens with zero attached hydrogens (tertiary/aromatic N) is 1. The number of morpholine rings is 1. The van der Waals surface area contributed by atoms with E-state index in [-0.39, 0.29) is 49.2 Å². The Morgan fingerprint density at radius 1 is 1.16 bits per heavy atom. The molecule has 2 aromatic rings. The van der Waals surface area contributed by atoms with Crippen LogP contribution in [0.25, 0.3) is 0 Å². The van der Waals surface area contributed by atoms with Gasteiger partial charge in [0.1, 0.15) is 5.75 Å². The van der Waals surface area contributed by atoms with E-state index in [2.05, 4.69) is 5.32 Å². The Bertz CT molecular complexity index is 1050. The summed E-state index contributed by atoms with van der Waals surface area (Å²) in [7, 11) is -3.88. The molecule has 31 heavy (non-hydrogen) atoms. The maximum Gasteiger partial charge on any atom is 0.417 e. The highest BCUT2D eigenvalue weighted by Gasteiger charge is 2.35. The van der Waals surface area contributed by atoms with Gasteiger partial charge in [0.25, 0.3) is 5.91 Å². The van der Waals surface area contributed by atoms with Crippen LogP contribution in [0.5, 0.6) is 5.75 Å². The summed E-state index contributed by atoms with van der Waals surface area (Å²) >= 11 is 0. The molecule has 1 aliphatic rings. The lowest BCUT2D eigenvalue weighted by Gasteiger charge is -2.26. The summed E-state index contributed by atoms with van der Waals surface area (Å²) in [4.78, 5) is 12.5. The van der Waals surface area contributed by atoms with Crippen LogP contribution in [0.4, 0.5) is 18.9 Å². The molecule has 7 nitrogen and oxygen atoms in total. The SMILES string of the molecule is CCOc1ccc(S(=O)(=O)N2CCOCC2)cc1NC(=O)c1ccccc1C(F)(F)F. The molecule has 0 bridgehead atoms. The molecular formula is C20H21F3N2O5S. The molecular weight excluding hydrogens is 437 g/mol. The Morgan fingerprint density at radius 3 is 2.48 bits per heavy atom. The number of alkyl halides is 3. The Kier molecular flexibility index (Phi) is 6.87. The number of carbonyl (C=O) groups excluding carboxylic acids is 1. The van der Waals surface area contributed by atoms with Crippen molar-refractivity contribution in [1.29, 1.82) is 0 Å². The van der Waals surface area contributed by atoms with Crippen molar-refractivity contribution in [3.05, 3.63) is 53.6 Å². The zero-order valence-electron chi connectivity index (χ0n) is 16.6. The van der Waals surface area contributed by atoms with E-state index >= 15 is 0 Å². The zero-order valence-corrected chi connectivity index (χ0v) is 17.4. The van der Waals surface area contributed by atoms with Gasteiger partial charge in [-0.25, -0.2) is 8.42 Å². The zero-order chi connectivity index (χ0) is 22.6. The first-order chi connectivity index (χ1) is 14.6. The number of amides is 1. The highest BCUT2D eigenvalue weighted by atomic mass is 32.2. The number of carbonyl (C=O) groups is 1. The van der Waals surface area contributed by atoms with Gasteiger partial charge in [-0.05, 0) is 37.3 Å². The van der Waals surface area contributed by atoms with E-state index in [4.69, 9.17) is 9.47 Å². The molecule has 1 amide bonds. The van der Waals surface area contributed by atoms with Crippen LogP contribution >= 0.6 is 0 Å². The van der Waals surface area contributed by atoms with Crippen molar-refractivity contribution in [2.24, 2.45) is 0 Å². The second-order valence-electron chi connectivity index (χ2n) is 6.60. The molecule has 1 N–H and O–H groups in total. The number of anilines is 1. The standard InChI is InChI=1S/C20H21F3N2O5S/c1-2-30-18-8-7-14(31(27,28)25-9-11-29-12-10-25)13-17(18)24-19(26)15-5-3-4-6-16(15)20(21,22)23/h3-8,13H,2,9-12H2,1H3,(H,24,26). The third-order valence-electron chi connectivity index (χ3n) is 4.58. The quantitative estimate of drug-likeness (QED) is 0.718. The number of hydrogen-bond donors (Lipinski definition) is 1. The summed E-state index contributed by atoms with van der Waals surface area (Å²) in [6, 6.07) is 8.22. The number of benzene rings is 2. The number of ether oxygens (including phenoxy) is 2. The molecule has 1 aliphatic heterocycles. The first kappa shape index (κ1) is 23.0. The molecule has 0 atom stereocenters. The fourth-order valence-electron chi connectivity index (χ4n) is 3.10. The van der Waals surface area contributed by atoms with Crippen LogP contribution < -0.4 is 10.1 Å². The van der Waals surface area contributed by atoms with Crippen LogP contribution in [0.1, 0.15) is 22.8 Å². The Labute approximate surface area is 177 Å². The summed E-state index contributed by atoms with van der Waals surface area (Å²) in [6.45, 7) is 2.76. The summed E-state index contributed by atoms with van der Waals surface area (Å²) in [5, 5.41) is 2.37. The Morgan fingerprint density at radius 2 is 1.84 bits per heavy atom. The molecule has 0 radical (unpaired) electrons. The van der Waals surface area contributed by atoms with Crippen LogP contribution in [0.15, 0.2) is 47.4 Å². The van der Waals surface area contributed by atoms with Gasteiger partial charge in [0.2, 0.25) is 10.0 Å². The molecule has 168 valence electrons. The van der Waals surface area contributed by atoms with E-state index in [0.717, 1.165) is 12.1 Å². The lowest BCUT2D eigenvalue weighted by atomic mass is 10.1. The van der Waals surface area contributed by atoms with Gasteiger partial charge in [-0.3, -0.25) is 4.79 Å². The van der Waals surface area contributed by atoms with Crippen LogP contribution in [-0.4, -0.2) is 51.5 Å². The Hall–Kier alpha value is -2.63. The molecule has 0 spiro atoms. The molecule has 1 heterocycles. The molecule has 0 saturated carbocycles. The first-order valence-electron chi connectivity index (χ1n) is 9.47. The number of rotatable bonds is 6. The van der Waals surface area contributed by atoms with E-state index in [1.807, 2.05) is 0 Å². The molecule has 1 fully saturated rings. The summed E-state index contributed by atoms with van der Waals surface area (Å²) in [5.41, 5.74) is -1.72. The second-order valence-corrected chi connectivity index (χ2v) is 8.54. The van der Waals surface area contributed by atoms with Crippen LogP contribution in [0, 0.1) is 0 Å². The average molecular weight is 458 g/mol. The number of halogens is 3. The van der Waals surface area contributed by atoms with E-state index in [1.54, 1.807) is 6.92 Å². The van der Waals surface area contributed by atoms with E-state index in [1.165, 1.54) is 34.6 Å². The molecule has 0 unspecified atom stereocenters. The minimum absolute atomic E-state index is 0.0434. The smallest absolute Gasteiger partial charge is 0.417 e. The molecule has 3 rings (SSSR count). The fourth-order valence-corrected chi connectivity index (χ4v) is 4.54. The maximum absolute atomic E-state index is 13.3. The van der Waals surface area contributed by atoms with Crippen LogP contribution in [0.2, 0.25) is 0 Å². The highest BCUT2D eigenvalue weighted by molar-refractivity contribution is 7.89. The number of hydrogen-bond acceptors (Lipinski definition) is 5. The molecule has 0 aromatic heterocycles. The highest BCUT2D eigenvalue weighted by Crippen LogP contribution is 2.34. The second kappa shape index (κ2) is 9.25. The van der Waals surface area contributed by atoms with Crippen molar-refractivity contribution in [2.45, 2.75) is 18.0 Å². The largest absolute Gasteiger partial charge is 0.492 e. The van der Waals surface area contributed by atoms with Crippen LogP contribution in [-0.2, 0) is 20.9 Å². The van der Waals surface area contributed by atoms with Crippen molar-refractivity contribution < 1.29 is 35.9 Å². The third-order valence-corrected chi connectivity index (χ3v) is 6.48. The third kappa shape index (κ3) is 5.17. The molecule has 1 saturated heterocycles. The fraction of sp³-hybridized carbons (Fsp3) is 0.350. The van der Waals surface area contributed by atoms with Gasteiger partial charge in [0.05, 0.1) is 41.5 Å². The average Bonchev–Trinajstić information content (AvgIpc) is 2.75. The normalized spacial score (nSPS) is 15.5. The van der Waals surface area contributed by atoms with Crippen molar-refractivity contribution in [3.63, 3.8) is 0 Å². The number of sulfonamides is 1. The molecule has 11 heteroatoms. The molecule has 2 aromatic carbocycles. The van der Waals surface area contributed by atoms with Gasteiger partial charge in [-0.15, -0.1) is 0 Å². The first-order valence-corrected chi connectivity index (χ1v) is 10.9. The molecule has 0 aliphatic carbocycles. The van der Waals surface area contributed by atoms with Gasteiger partial charge < -0.3 is 14.8 Å². The Balaban J connectivity index is 1.97. The number of nitrogens with one attached hydrogen (secondary N) is 1. The monoisotopic (exact) mass is 458 g/mol. The van der Waals surface area contributed by atoms with Crippen molar-refractivity contribution in [2.75, 3.05) is 38.2 Å². The summed E-state index contributed by atoms with van der Waals surface area (Å²) in [5.74, 6) is -0.893. The van der Waals surface area contributed by atoms with Crippen LogP contribution in [0.3, 0.4) is 0 Å². The van der Waals surface area contributed by atoms with Gasteiger partial charge in [-0.1, -0.05) is 12.1 Å². The van der Waals surface area contributed by atoms with Gasteiger partial charge >= 0.3 is 6.18 Å². The minimum atomic E-state index is -4.72. The van der Waals surface area contributed by atoms with E-state index < -0.39 is 33.2 Å². The van der Waals surface area contributed by atoms with Crippen molar-refractivity contribution >= 4 is 21.6 Å². The lowest BCUT2D eigenvalue weighted by molar-refractivity contribution is -0.137. The predicted octanol–water partition coefficient (Wildman–Crippen LogP) is 3.38. The summed E-state index contributed by atoms with van der Waals surface area (Å²) < 4.78 is 77.5. The predicted molar refractivity (Wildman–Crippen MR) is 107 cm³/mol. The summed E-state index contributed by atoms with van der Waals surface area (Å²) in [6.07, 6.45) is -4.72. The van der Waals surface area contributed by atoms with Crippen molar-refractivity contribution in [3.8, 4) is 5.75 Å².